The van der Waals surface area contributed by atoms with Gasteiger partial charge in [0.25, 0.3) is 0 Å². The van der Waals surface area contributed by atoms with E-state index >= 15 is 0 Å². The minimum Gasteiger partial charge on any atom is -0.483 e. The molecule has 1 unspecified atom stereocenters. The van der Waals surface area contributed by atoms with Crippen molar-refractivity contribution in [1.82, 2.24) is 0 Å². The van der Waals surface area contributed by atoms with Gasteiger partial charge in [0.15, 0.2) is 17.4 Å². The minimum absolute atomic E-state index is 0.130. The summed E-state index contributed by atoms with van der Waals surface area (Å²) in [6.07, 6.45) is 9.42. The monoisotopic (exact) mass is 460 g/mol. The van der Waals surface area contributed by atoms with Gasteiger partial charge in [0.05, 0.1) is 0 Å². The molecule has 2 aliphatic carbocycles. The van der Waals surface area contributed by atoms with E-state index < -0.39 is 11.6 Å². The lowest BCUT2D eigenvalue weighted by Gasteiger charge is -2.42. The SMILES string of the molecule is CCC1CC[C@@H]2C[C@H](c3ccc(-c4cc(F)c(OCc5ccccc5)c(F)c4)cc3)CC[C@@H]2C1. The van der Waals surface area contributed by atoms with Crippen molar-refractivity contribution in [3.8, 4) is 16.9 Å². The molecule has 34 heavy (non-hydrogen) atoms. The van der Waals surface area contributed by atoms with Crippen molar-refractivity contribution in [2.45, 2.75) is 64.4 Å². The fourth-order valence-corrected chi connectivity index (χ4v) is 6.20. The Balaban J connectivity index is 1.25. The van der Waals surface area contributed by atoms with Gasteiger partial charge in [0.2, 0.25) is 0 Å². The lowest BCUT2D eigenvalue weighted by molar-refractivity contribution is 0.116. The van der Waals surface area contributed by atoms with Crippen LogP contribution in [0, 0.1) is 29.4 Å². The van der Waals surface area contributed by atoms with Crippen LogP contribution in [-0.2, 0) is 6.61 Å². The highest BCUT2D eigenvalue weighted by Gasteiger charge is 2.35. The van der Waals surface area contributed by atoms with Gasteiger partial charge in [-0.1, -0.05) is 74.4 Å². The summed E-state index contributed by atoms with van der Waals surface area (Å²) in [6.45, 7) is 2.46. The highest BCUT2D eigenvalue weighted by molar-refractivity contribution is 5.65. The van der Waals surface area contributed by atoms with Gasteiger partial charge in [-0.25, -0.2) is 8.78 Å². The molecule has 2 fully saturated rings. The number of rotatable bonds is 6. The summed E-state index contributed by atoms with van der Waals surface area (Å²) in [5.41, 5.74) is 3.60. The standard InChI is InChI=1S/C31H34F2O/c1-2-21-8-9-27-17-26(15-14-25(27)16-21)23-10-12-24(13-11-23)28-18-29(32)31(30(33)19-28)34-20-22-6-4-3-5-7-22/h3-7,10-13,18-19,21,25-27H,2,8-9,14-17,20H2,1H3/t21?,25-,26-,27-/m1/s1. The van der Waals surface area contributed by atoms with Crippen LogP contribution in [0.15, 0.2) is 66.7 Å². The van der Waals surface area contributed by atoms with Gasteiger partial charge in [-0.2, -0.15) is 0 Å². The molecular formula is C31H34F2O. The molecule has 2 saturated carbocycles. The van der Waals surface area contributed by atoms with Crippen molar-refractivity contribution < 1.29 is 13.5 Å². The van der Waals surface area contributed by atoms with Gasteiger partial charge in [-0.05, 0) is 90.2 Å². The van der Waals surface area contributed by atoms with E-state index in [4.69, 9.17) is 4.74 Å². The van der Waals surface area contributed by atoms with Crippen LogP contribution in [0.4, 0.5) is 8.78 Å². The normalized spacial score (nSPS) is 24.4. The van der Waals surface area contributed by atoms with Gasteiger partial charge < -0.3 is 4.74 Å². The number of ether oxygens (including phenoxy) is 1. The van der Waals surface area contributed by atoms with E-state index in [9.17, 15) is 8.78 Å². The number of hydrogen-bond donors (Lipinski definition) is 0. The maximum absolute atomic E-state index is 14.7. The van der Waals surface area contributed by atoms with E-state index in [1.165, 1.54) is 62.6 Å². The van der Waals surface area contributed by atoms with Gasteiger partial charge in [0.1, 0.15) is 6.61 Å². The largest absolute Gasteiger partial charge is 0.483 e. The Kier molecular flexibility index (Phi) is 6.99. The molecule has 0 aromatic heterocycles. The molecule has 5 rings (SSSR count). The zero-order valence-corrected chi connectivity index (χ0v) is 20.0. The summed E-state index contributed by atoms with van der Waals surface area (Å²) >= 11 is 0. The first kappa shape index (κ1) is 23.1. The fourth-order valence-electron chi connectivity index (χ4n) is 6.20. The molecular weight excluding hydrogens is 426 g/mol. The molecule has 3 aromatic carbocycles. The van der Waals surface area contributed by atoms with Crippen LogP contribution in [0.1, 0.15) is 68.9 Å². The zero-order chi connectivity index (χ0) is 23.5. The van der Waals surface area contributed by atoms with Crippen LogP contribution in [-0.4, -0.2) is 0 Å². The summed E-state index contributed by atoms with van der Waals surface area (Å²) in [4.78, 5) is 0. The Bertz CT molecular complexity index is 1070. The Hall–Kier alpha value is -2.68. The molecule has 0 spiro atoms. The van der Waals surface area contributed by atoms with E-state index in [0.29, 0.717) is 11.5 Å². The summed E-state index contributed by atoms with van der Waals surface area (Å²) in [7, 11) is 0. The van der Waals surface area contributed by atoms with Crippen molar-refractivity contribution in [3.63, 3.8) is 0 Å². The average molecular weight is 461 g/mol. The van der Waals surface area contributed by atoms with Crippen LogP contribution in [0.2, 0.25) is 0 Å². The van der Waals surface area contributed by atoms with Crippen molar-refractivity contribution in [3.05, 3.63) is 89.5 Å². The fraction of sp³-hybridized carbons (Fsp3) is 0.419. The highest BCUT2D eigenvalue weighted by atomic mass is 19.1. The minimum atomic E-state index is -0.670. The Labute approximate surface area is 202 Å². The number of halogens is 2. The molecule has 0 N–H and O–H groups in total. The second-order valence-electron chi connectivity index (χ2n) is 10.3. The second-order valence-corrected chi connectivity index (χ2v) is 10.3. The van der Waals surface area contributed by atoms with Gasteiger partial charge in [-0.15, -0.1) is 0 Å². The summed E-state index contributed by atoms with van der Waals surface area (Å²) < 4.78 is 34.9. The van der Waals surface area contributed by atoms with Gasteiger partial charge >= 0.3 is 0 Å². The first-order valence-electron chi connectivity index (χ1n) is 12.9. The molecule has 3 aromatic rings. The molecule has 178 valence electrons. The number of hydrogen-bond acceptors (Lipinski definition) is 1. The molecule has 4 atom stereocenters. The summed E-state index contributed by atoms with van der Waals surface area (Å²) in [5, 5.41) is 0. The lowest BCUT2D eigenvalue weighted by atomic mass is 9.63. The summed E-state index contributed by atoms with van der Waals surface area (Å²) in [6, 6.07) is 20.5. The van der Waals surface area contributed by atoms with E-state index in [1.807, 2.05) is 42.5 Å². The number of fused-ring (bicyclic) bond motifs is 1. The van der Waals surface area contributed by atoms with E-state index in [0.717, 1.165) is 28.9 Å². The lowest BCUT2D eigenvalue weighted by Crippen LogP contribution is -2.30. The van der Waals surface area contributed by atoms with Gasteiger partial charge in [0, 0.05) is 0 Å². The molecule has 0 saturated heterocycles. The Morgan fingerprint density at radius 2 is 1.44 bits per heavy atom. The molecule has 2 aliphatic rings. The van der Waals surface area contributed by atoms with E-state index in [2.05, 4.69) is 19.1 Å². The zero-order valence-electron chi connectivity index (χ0n) is 20.0. The van der Waals surface area contributed by atoms with Crippen molar-refractivity contribution in [2.24, 2.45) is 17.8 Å². The third-order valence-corrected chi connectivity index (χ3v) is 8.24. The van der Waals surface area contributed by atoms with Crippen LogP contribution >= 0.6 is 0 Å². The topological polar surface area (TPSA) is 9.23 Å². The maximum Gasteiger partial charge on any atom is 0.191 e. The molecule has 1 nitrogen and oxygen atoms in total. The second kappa shape index (κ2) is 10.3. The number of benzene rings is 3. The molecule has 0 aliphatic heterocycles. The van der Waals surface area contributed by atoms with Crippen LogP contribution in [0.5, 0.6) is 5.75 Å². The summed E-state index contributed by atoms with van der Waals surface area (Å²) in [5.74, 6) is 1.67. The predicted molar refractivity (Wildman–Crippen MR) is 134 cm³/mol. The third kappa shape index (κ3) is 5.04. The average Bonchev–Trinajstić information content (AvgIpc) is 2.88. The van der Waals surface area contributed by atoms with Crippen LogP contribution in [0.25, 0.3) is 11.1 Å². The Morgan fingerprint density at radius 3 is 2.15 bits per heavy atom. The van der Waals surface area contributed by atoms with Crippen LogP contribution in [0.3, 0.4) is 0 Å². The van der Waals surface area contributed by atoms with Gasteiger partial charge in [-0.3, -0.25) is 0 Å². The molecule has 0 radical (unpaired) electrons. The predicted octanol–water partition coefficient (Wildman–Crippen LogP) is 8.92. The molecule has 0 heterocycles. The first-order valence-corrected chi connectivity index (χ1v) is 12.9. The Morgan fingerprint density at radius 1 is 0.765 bits per heavy atom. The third-order valence-electron chi connectivity index (χ3n) is 8.24. The highest BCUT2D eigenvalue weighted by Crippen LogP contribution is 2.48. The van der Waals surface area contributed by atoms with E-state index in [1.54, 1.807) is 0 Å². The van der Waals surface area contributed by atoms with E-state index in [-0.39, 0.29) is 12.4 Å². The molecule has 0 amide bonds. The molecule has 3 heteroatoms. The van der Waals surface area contributed by atoms with Crippen molar-refractivity contribution in [1.29, 1.82) is 0 Å². The van der Waals surface area contributed by atoms with Crippen molar-refractivity contribution in [2.75, 3.05) is 0 Å². The molecule has 0 bridgehead atoms. The quantitative estimate of drug-likeness (QED) is 0.357. The first-order chi connectivity index (χ1) is 16.6. The van der Waals surface area contributed by atoms with Crippen LogP contribution < -0.4 is 4.74 Å². The maximum atomic E-state index is 14.7. The smallest absolute Gasteiger partial charge is 0.191 e. The van der Waals surface area contributed by atoms with Crippen molar-refractivity contribution >= 4 is 0 Å².